The molecule has 0 fully saturated rings. The van der Waals surface area contributed by atoms with Gasteiger partial charge in [0.15, 0.2) is 5.16 Å². The van der Waals surface area contributed by atoms with E-state index in [0.717, 1.165) is 16.8 Å². The Kier molecular flexibility index (Phi) is 5.89. The monoisotopic (exact) mass is 452 g/mol. The summed E-state index contributed by atoms with van der Waals surface area (Å²) in [6.07, 6.45) is 0. The molecule has 158 valence electrons. The van der Waals surface area contributed by atoms with E-state index in [0.29, 0.717) is 32.6 Å². The first-order valence-electron chi connectivity index (χ1n) is 9.70. The summed E-state index contributed by atoms with van der Waals surface area (Å²) >= 11 is 7.42. The number of anilines is 1. The minimum absolute atomic E-state index is 0.0808. The largest absolute Gasteiger partial charge is 0.353 e. The molecular formula is C23H21ClN4O2S. The third-order valence-corrected chi connectivity index (χ3v) is 6.03. The number of carbonyl (C=O) groups excluding carboxylic acids is 1. The Morgan fingerprint density at radius 1 is 1.10 bits per heavy atom. The first kappa shape index (κ1) is 21.2. The van der Waals surface area contributed by atoms with Gasteiger partial charge in [0.1, 0.15) is 5.52 Å². The van der Waals surface area contributed by atoms with Gasteiger partial charge in [-0.2, -0.15) is 0 Å². The summed E-state index contributed by atoms with van der Waals surface area (Å²) in [7, 11) is 0. The molecule has 0 aliphatic carbocycles. The van der Waals surface area contributed by atoms with Gasteiger partial charge in [-0.1, -0.05) is 47.1 Å². The molecule has 2 aromatic heterocycles. The van der Waals surface area contributed by atoms with Gasteiger partial charge in [-0.05, 0) is 56.7 Å². The van der Waals surface area contributed by atoms with Gasteiger partial charge in [-0.25, -0.2) is 4.98 Å². The number of nitrogens with one attached hydrogen (secondary N) is 2. The van der Waals surface area contributed by atoms with Gasteiger partial charge >= 0.3 is 0 Å². The molecule has 2 aromatic carbocycles. The summed E-state index contributed by atoms with van der Waals surface area (Å²) in [6.45, 7) is 5.80. The van der Waals surface area contributed by atoms with Crippen molar-refractivity contribution in [2.75, 3.05) is 11.1 Å². The van der Waals surface area contributed by atoms with Crippen molar-refractivity contribution in [1.82, 2.24) is 14.5 Å². The number of amides is 1. The third-order valence-electron chi connectivity index (χ3n) is 4.78. The van der Waals surface area contributed by atoms with Crippen molar-refractivity contribution < 1.29 is 4.79 Å². The quantitative estimate of drug-likeness (QED) is 0.329. The highest BCUT2D eigenvalue weighted by molar-refractivity contribution is 7.99. The van der Waals surface area contributed by atoms with Gasteiger partial charge < -0.3 is 10.3 Å². The number of hydrogen-bond acceptors (Lipinski definition) is 4. The van der Waals surface area contributed by atoms with Crippen molar-refractivity contribution in [2.24, 2.45) is 0 Å². The van der Waals surface area contributed by atoms with E-state index >= 15 is 0 Å². The van der Waals surface area contributed by atoms with Crippen molar-refractivity contribution in [3.8, 4) is 5.69 Å². The smallest absolute Gasteiger partial charge is 0.283 e. The summed E-state index contributed by atoms with van der Waals surface area (Å²) in [5, 5.41) is 3.75. The van der Waals surface area contributed by atoms with Crippen LogP contribution in [0.3, 0.4) is 0 Å². The van der Waals surface area contributed by atoms with Crippen LogP contribution in [0.5, 0.6) is 0 Å². The summed E-state index contributed by atoms with van der Waals surface area (Å²) in [5.74, 6) is -0.150. The third kappa shape index (κ3) is 4.52. The Balaban J connectivity index is 1.66. The van der Waals surface area contributed by atoms with Crippen molar-refractivity contribution in [3.63, 3.8) is 0 Å². The van der Waals surface area contributed by atoms with Gasteiger partial charge in [0, 0.05) is 5.69 Å². The Morgan fingerprint density at radius 2 is 1.81 bits per heavy atom. The molecule has 0 atom stereocenters. The second-order valence-corrected chi connectivity index (χ2v) is 8.75. The van der Waals surface area contributed by atoms with Crippen LogP contribution in [-0.4, -0.2) is 26.2 Å². The van der Waals surface area contributed by atoms with Crippen LogP contribution in [0, 0.1) is 20.8 Å². The molecule has 0 bridgehead atoms. The molecular weight excluding hydrogens is 432 g/mol. The zero-order valence-electron chi connectivity index (χ0n) is 17.3. The van der Waals surface area contributed by atoms with Crippen LogP contribution < -0.4 is 10.9 Å². The zero-order chi connectivity index (χ0) is 22.1. The summed E-state index contributed by atoms with van der Waals surface area (Å²) in [6, 6.07) is 14.9. The van der Waals surface area contributed by atoms with Crippen molar-refractivity contribution in [1.29, 1.82) is 0 Å². The van der Waals surface area contributed by atoms with E-state index in [1.807, 2.05) is 57.2 Å². The molecule has 4 rings (SSSR count). The lowest BCUT2D eigenvalue weighted by Gasteiger charge is -2.13. The van der Waals surface area contributed by atoms with E-state index in [1.165, 1.54) is 16.3 Å². The highest BCUT2D eigenvalue weighted by Crippen LogP contribution is 2.25. The molecule has 2 heterocycles. The molecule has 0 unspecified atom stereocenters. The van der Waals surface area contributed by atoms with Crippen molar-refractivity contribution >= 4 is 46.0 Å². The number of H-pyrrole nitrogens is 1. The predicted octanol–water partition coefficient (Wildman–Crippen LogP) is 5.02. The van der Waals surface area contributed by atoms with E-state index in [2.05, 4.69) is 15.3 Å². The number of rotatable bonds is 5. The van der Waals surface area contributed by atoms with Gasteiger partial charge in [-0.3, -0.25) is 14.2 Å². The normalized spacial score (nSPS) is 11.1. The number of thioether (sulfide) groups is 1. The highest BCUT2D eigenvalue weighted by Gasteiger charge is 2.16. The number of aryl methyl sites for hydroxylation is 3. The first-order chi connectivity index (χ1) is 14.8. The molecule has 0 spiro atoms. The summed E-state index contributed by atoms with van der Waals surface area (Å²) in [4.78, 5) is 33.5. The Labute approximate surface area is 188 Å². The molecule has 31 heavy (non-hydrogen) atoms. The van der Waals surface area contributed by atoms with Gasteiger partial charge in [0.05, 0.1) is 27.7 Å². The van der Waals surface area contributed by atoms with Crippen LogP contribution in [0.4, 0.5) is 5.69 Å². The average Bonchev–Trinajstić information content (AvgIpc) is 3.10. The standard InChI is InChI=1S/C23H21ClN4O2S/c1-13-4-7-16(8-5-13)28-22(30)21-19(11-15(3)25-21)27-23(28)31-12-20(29)26-18-9-6-14(2)10-17(18)24/h4-11,25H,12H2,1-3H3,(H,26,29). The fourth-order valence-electron chi connectivity index (χ4n) is 3.23. The van der Waals surface area contributed by atoms with E-state index in [9.17, 15) is 9.59 Å². The number of hydrogen-bond donors (Lipinski definition) is 2. The number of nitrogens with zero attached hydrogens (tertiary/aromatic N) is 2. The van der Waals surface area contributed by atoms with Crippen LogP contribution >= 0.6 is 23.4 Å². The summed E-state index contributed by atoms with van der Waals surface area (Å²) in [5.41, 5.74) is 5.02. The minimum atomic E-state index is -0.231. The second kappa shape index (κ2) is 8.61. The Morgan fingerprint density at radius 3 is 2.52 bits per heavy atom. The van der Waals surface area contributed by atoms with Crippen LogP contribution in [0.2, 0.25) is 5.02 Å². The van der Waals surface area contributed by atoms with Gasteiger partial charge in [-0.15, -0.1) is 0 Å². The maximum atomic E-state index is 13.2. The van der Waals surface area contributed by atoms with E-state index in [-0.39, 0.29) is 17.2 Å². The fourth-order valence-corrected chi connectivity index (χ4v) is 4.33. The Hall–Kier alpha value is -3.03. The number of halogens is 1. The number of fused-ring (bicyclic) bond motifs is 1. The molecule has 8 heteroatoms. The van der Waals surface area contributed by atoms with E-state index < -0.39 is 0 Å². The molecule has 6 nitrogen and oxygen atoms in total. The molecule has 0 aliphatic rings. The predicted molar refractivity (Wildman–Crippen MR) is 127 cm³/mol. The first-order valence-corrected chi connectivity index (χ1v) is 11.1. The molecule has 0 saturated carbocycles. The zero-order valence-corrected chi connectivity index (χ0v) is 18.9. The number of benzene rings is 2. The van der Waals surface area contributed by atoms with Crippen LogP contribution in [0.15, 0.2) is 58.5 Å². The fraction of sp³-hybridized carbons (Fsp3) is 0.174. The number of aromatic amines is 1. The van der Waals surface area contributed by atoms with Gasteiger partial charge in [0.25, 0.3) is 5.56 Å². The maximum Gasteiger partial charge on any atom is 0.283 e. The average molecular weight is 453 g/mol. The van der Waals surface area contributed by atoms with Crippen LogP contribution in [-0.2, 0) is 4.79 Å². The Bertz CT molecular complexity index is 1340. The van der Waals surface area contributed by atoms with Crippen molar-refractivity contribution in [3.05, 3.63) is 80.7 Å². The SMILES string of the molecule is Cc1ccc(-n2c(SCC(=O)Nc3ccc(C)cc3Cl)nc3cc(C)[nH]c3c2=O)cc1. The highest BCUT2D eigenvalue weighted by atomic mass is 35.5. The molecule has 1 amide bonds. The van der Waals surface area contributed by atoms with Crippen molar-refractivity contribution in [2.45, 2.75) is 25.9 Å². The number of carbonyl (C=O) groups is 1. The number of aromatic nitrogens is 3. The van der Waals surface area contributed by atoms with E-state index in [4.69, 9.17) is 11.6 Å². The molecule has 0 aliphatic heterocycles. The molecule has 4 aromatic rings. The molecule has 0 saturated heterocycles. The lowest BCUT2D eigenvalue weighted by Crippen LogP contribution is -2.23. The topological polar surface area (TPSA) is 79.8 Å². The second-order valence-electron chi connectivity index (χ2n) is 7.40. The van der Waals surface area contributed by atoms with Gasteiger partial charge in [0.2, 0.25) is 5.91 Å². The molecule has 0 radical (unpaired) electrons. The van der Waals surface area contributed by atoms with E-state index in [1.54, 1.807) is 12.1 Å². The summed E-state index contributed by atoms with van der Waals surface area (Å²) < 4.78 is 1.54. The molecule has 2 N–H and O–H groups in total. The lowest BCUT2D eigenvalue weighted by molar-refractivity contribution is -0.113. The van der Waals surface area contributed by atoms with Crippen LogP contribution in [0.25, 0.3) is 16.7 Å². The van der Waals surface area contributed by atoms with Crippen LogP contribution in [0.1, 0.15) is 16.8 Å². The lowest BCUT2D eigenvalue weighted by atomic mass is 10.2. The minimum Gasteiger partial charge on any atom is -0.353 e. The maximum absolute atomic E-state index is 13.2.